The van der Waals surface area contributed by atoms with Crippen molar-refractivity contribution >= 4 is 5.97 Å². The summed E-state index contributed by atoms with van der Waals surface area (Å²) in [6.45, 7) is 4.23. The molecule has 2 aromatic heterocycles. The zero-order valence-corrected chi connectivity index (χ0v) is 16.2. The fraction of sp³-hybridized carbons (Fsp3) is 0.190. The Morgan fingerprint density at radius 2 is 1.69 bits per heavy atom. The molecule has 0 N–H and O–H groups in total. The number of hydrogen-bond donors (Lipinski definition) is 0. The molecule has 0 saturated carbocycles. The molecule has 4 rings (SSSR count). The number of nitrogens with zero attached hydrogens (tertiary/aromatic N) is 6. The van der Waals surface area contributed by atoms with Crippen LogP contribution in [0.2, 0.25) is 0 Å². The SMILES string of the molecule is Cc1nn(Cc2ccccc2)c(C)c1C(=O)OCc1nnnn1-c1ccccc1. The number of para-hydroxylation sites is 1. The molecule has 0 aliphatic rings. The van der Waals surface area contributed by atoms with E-state index in [4.69, 9.17) is 4.74 Å². The molecular formula is C21H20N6O2. The first kappa shape index (κ1) is 18.5. The molecule has 2 aromatic carbocycles. The van der Waals surface area contributed by atoms with Gasteiger partial charge in [-0.25, -0.2) is 4.79 Å². The number of esters is 1. The molecule has 0 aliphatic carbocycles. The van der Waals surface area contributed by atoms with E-state index >= 15 is 0 Å². The number of carbonyl (C=O) groups is 1. The van der Waals surface area contributed by atoms with Crippen LogP contribution in [0.4, 0.5) is 0 Å². The van der Waals surface area contributed by atoms with Crippen LogP contribution in [-0.2, 0) is 17.9 Å². The molecule has 0 fully saturated rings. The number of ether oxygens (including phenoxy) is 1. The van der Waals surface area contributed by atoms with Gasteiger partial charge in [0.05, 0.1) is 23.6 Å². The van der Waals surface area contributed by atoms with Crippen molar-refractivity contribution in [1.29, 1.82) is 0 Å². The molecule has 146 valence electrons. The van der Waals surface area contributed by atoms with Crippen LogP contribution < -0.4 is 0 Å². The minimum Gasteiger partial charge on any atom is -0.454 e. The quantitative estimate of drug-likeness (QED) is 0.472. The van der Waals surface area contributed by atoms with Gasteiger partial charge in [-0.1, -0.05) is 48.5 Å². The third kappa shape index (κ3) is 3.91. The van der Waals surface area contributed by atoms with Gasteiger partial charge in [0.15, 0.2) is 12.4 Å². The zero-order chi connectivity index (χ0) is 20.2. The van der Waals surface area contributed by atoms with Gasteiger partial charge in [-0.3, -0.25) is 4.68 Å². The third-order valence-corrected chi connectivity index (χ3v) is 4.63. The second-order valence-corrected chi connectivity index (χ2v) is 6.61. The van der Waals surface area contributed by atoms with E-state index in [1.165, 1.54) is 0 Å². The van der Waals surface area contributed by atoms with Gasteiger partial charge < -0.3 is 4.74 Å². The van der Waals surface area contributed by atoms with Crippen LogP contribution in [0.25, 0.3) is 5.69 Å². The number of aryl methyl sites for hydroxylation is 1. The van der Waals surface area contributed by atoms with Crippen molar-refractivity contribution in [2.24, 2.45) is 0 Å². The zero-order valence-electron chi connectivity index (χ0n) is 16.2. The highest BCUT2D eigenvalue weighted by Crippen LogP contribution is 2.17. The molecule has 0 aliphatic heterocycles. The first-order valence-electron chi connectivity index (χ1n) is 9.21. The summed E-state index contributed by atoms with van der Waals surface area (Å²) >= 11 is 0. The van der Waals surface area contributed by atoms with Crippen molar-refractivity contribution in [3.8, 4) is 5.69 Å². The molecule has 29 heavy (non-hydrogen) atoms. The summed E-state index contributed by atoms with van der Waals surface area (Å²) in [6, 6.07) is 19.4. The van der Waals surface area contributed by atoms with Crippen molar-refractivity contribution in [2.75, 3.05) is 0 Å². The minimum atomic E-state index is -0.443. The predicted octanol–water partition coefficient (Wildman–Crippen LogP) is 2.88. The number of benzene rings is 2. The number of tetrazole rings is 1. The van der Waals surface area contributed by atoms with Crippen molar-refractivity contribution in [1.82, 2.24) is 30.0 Å². The molecule has 8 nitrogen and oxygen atoms in total. The first-order valence-corrected chi connectivity index (χ1v) is 9.21. The van der Waals surface area contributed by atoms with E-state index in [0.29, 0.717) is 23.6 Å². The van der Waals surface area contributed by atoms with Gasteiger partial charge in [0, 0.05) is 0 Å². The smallest absolute Gasteiger partial charge is 0.342 e. The summed E-state index contributed by atoms with van der Waals surface area (Å²) in [5.74, 6) is -0.00143. The molecular weight excluding hydrogens is 368 g/mol. The highest BCUT2D eigenvalue weighted by Gasteiger charge is 2.21. The van der Waals surface area contributed by atoms with Crippen LogP contribution in [0.15, 0.2) is 60.7 Å². The van der Waals surface area contributed by atoms with E-state index in [0.717, 1.165) is 16.9 Å². The van der Waals surface area contributed by atoms with E-state index in [1.807, 2.05) is 72.3 Å². The van der Waals surface area contributed by atoms with E-state index in [1.54, 1.807) is 11.6 Å². The standard InChI is InChI=1S/C21H20N6O2/c1-15-20(16(2)26(23-15)13-17-9-5-3-6-10-17)21(28)29-14-19-22-24-25-27(19)18-11-7-4-8-12-18/h3-12H,13-14H2,1-2H3. The Hall–Kier alpha value is -3.81. The van der Waals surface area contributed by atoms with Gasteiger partial charge in [0.2, 0.25) is 0 Å². The Balaban J connectivity index is 1.49. The summed E-state index contributed by atoms with van der Waals surface area (Å²) in [5, 5.41) is 16.1. The Morgan fingerprint density at radius 1 is 1.00 bits per heavy atom. The maximum atomic E-state index is 12.7. The van der Waals surface area contributed by atoms with E-state index in [2.05, 4.69) is 20.6 Å². The van der Waals surface area contributed by atoms with Crippen LogP contribution in [0, 0.1) is 13.8 Å². The predicted molar refractivity (Wildman–Crippen MR) is 106 cm³/mol. The van der Waals surface area contributed by atoms with E-state index in [-0.39, 0.29) is 6.61 Å². The van der Waals surface area contributed by atoms with Gasteiger partial charge in [-0.2, -0.15) is 9.78 Å². The minimum absolute atomic E-state index is 0.0382. The van der Waals surface area contributed by atoms with Crippen molar-refractivity contribution in [2.45, 2.75) is 27.0 Å². The molecule has 0 radical (unpaired) electrons. The summed E-state index contributed by atoms with van der Waals surface area (Å²) in [7, 11) is 0. The normalized spacial score (nSPS) is 10.8. The molecule has 0 spiro atoms. The summed E-state index contributed by atoms with van der Waals surface area (Å²) in [5.41, 5.74) is 3.77. The largest absolute Gasteiger partial charge is 0.454 e. The fourth-order valence-corrected chi connectivity index (χ4v) is 3.17. The van der Waals surface area contributed by atoms with Gasteiger partial charge >= 0.3 is 5.97 Å². The monoisotopic (exact) mass is 388 g/mol. The lowest BCUT2D eigenvalue weighted by Crippen LogP contribution is -2.12. The van der Waals surface area contributed by atoms with Crippen molar-refractivity contribution in [3.05, 3.63) is 89.0 Å². The molecule has 0 amide bonds. The van der Waals surface area contributed by atoms with Gasteiger partial charge in [-0.15, -0.1) is 5.10 Å². The fourth-order valence-electron chi connectivity index (χ4n) is 3.17. The van der Waals surface area contributed by atoms with Crippen molar-refractivity contribution in [3.63, 3.8) is 0 Å². The van der Waals surface area contributed by atoms with Crippen LogP contribution >= 0.6 is 0 Å². The molecule has 0 bridgehead atoms. The van der Waals surface area contributed by atoms with Gasteiger partial charge in [-0.05, 0) is 42.0 Å². The van der Waals surface area contributed by atoms with Gasteiger partial charge in [0.25, 0.3) is 0 Å². The summed E-state index contributed by atoms with van der Waals surface area (Å²) in [6.07, 6.45) is 0. The summed E-state index contributed by atoms with van der Waals surface area (Å²) < 4.78 is 8.87. The number of aromatic nitrogens is 6. The second-order valence-electron chi connectivity index (χ2n) is 6.61. The second kappa shape index (κ2) is 8.05. The van der Waals surface area contributed by atoms with Crippen LogP contribution in [0.1, 0.15) is 33.1 Å². The number of rotatable bonds is 6. The molecule has 0 unspecified atom stereocenters. The average Bonchev–Trinajstić information content (AvgIpc) is 3.32. The molecule has 0 atom stereocenters. The molecule has 2 heterocycles. The van der Waals surface area contributed by atoms with Crippen molar-refractivity contribution < 1.29 is 9.53 Å². The molecule has 4 aromatic rings. The summed E-state index contributed by atoms with van der Waals surface area (Å²) in [4.78, 5) is 12.7. The highest BCUT2D eigenvalue weighted by atomic mass is 16.5. The topological polar surface area (TPSA) is 87.7 Å². The Bertz CT molecular complexity index is 1120. The van der Waals surface area contributed by atoms with Gasteiger partial charge in [0.1, 0.15) is 5.56 Å². The Morgan fingerprint density at radius 3 is 2.41 bits per heavy atom. The maximum Gasteiger partial charge on any atom is 0.342 e. The lowest BCUT2D eigenvalue weighted by Gasteiger charge is -2.07. The van der Waals surface area contributed by atoms with Crippen LogP contribution in [0.5, 0.6) is 0 Å². The Labute approximate surface area is 167 Å². The molecule has 0 saturated heterocycles. The van der Waals surface area contributed by atoms with Crippen LogP contribution in [-0.4, -0.2) is 36.0 Å². The average molecular weight is 388 g/mol. The third-order valence-electron chi connectivity index (χ3n) is 4.63. The lowest BCUT2D eigenvalue weighted by molar-refractivity contribution is 0.0457. The van der Waals surface area contributed by atoms with Crippen LogP contribution in [0.3, 0.4) is 0 Å². The Kier molecular flexibility index (Phi) is 5.15. The molecule has 8 heteroatoms. The number of hydrogen-bond acceptors (Lipinski definition) is 6. The highest BCUT2D eigenvalue weighted by molar-refractivity contribution is 5.91. The van der Waals surface area contributed by atoms with E-state index < -0.39 is 5.97 Å². The van der Waals surface area contributed by atoms with E-state index in [9.17, 15) is 4.79 Å². The number of carbonyl (C=O) groups excluding carboxylic acids is 1. The lowest BCUT2D eigenvalue weighted by atomic mass is 10.2. The maximum absolute atomic E-state index is 12.7. The first-order chi connectivity index (χ1) is 14.1.